The maximum Gasteiger partial charge on any atom is 0.240 e. The Morgan fingerprint density at radius 3 is 2.54 bits per heavy atom. The third kappa shape index (κ3) is 3.69. The molecule has 0 bridgehead atoms. The van der Waals surface area contributed by atoms with Crippen molar-refractivity contribution in [3.8, 4) is 6.07 Å². The van der Waals surface area contributed by atoms with Crippen molar-refractivity contribution in [2.45, 2.75) is 24.3 Å². The lowest BCUT2D eigenvalue weighted by molar-refractivity contribution is 0.579. The van der Waals surface area contributed by atoms with Crippen molar-refractivity contribution >= 4 is 15.8 Å². The average molecular weight is 343 g/mol. The Bertz CT molecular complexity index is 853. The van der Waals surface area contributed by atoms with Crippen LogP contribution in [0.5, 0.6) is 0 Å². The molecule has 0 saturated carbocycles. The highest BCUT2D eigenvalue weighted by atomic mass is 32.2. The Morgan fingerprint density at radius 2 is 1.88 bits per heavy atom. The summed E-state index contributed by atoms with van der Waals surface area (Å²) < 4.78 is 27.1. The zero-order valence-electron chi connectivity index (χ0n) is 13.0. The number of sulfonamides is 1. The van der Waals surface area contributed by atoms with E-state index < -0.39 is 10.0 Å². The monoisotopic (exact) mass is 343 g/mol. The summed E-state index contributed by atoms with van der Waals surface area (Å²) in [6, 6.07) is 9.55. The second-order valence-electron chi connectivity index (χ2n) is 5.49. The smallest absolute Gasteiger partial charge is 0.240 e. The minimum absolute atomic E-state index is 0.0179. The van der Waals surface area contributed by atoms with Gasteiger partial charge in [-0.15, -0.1) is 0 Å². The molecule has 0 amide bonds. The van der Waals surface area contributed by atoms with Gasteiger partial charge in [0.1, 0.15) is 11.6 Å². The van der Waals surface area contributed by atoms with Gasteiger partial charge in [0.05, 0.1) is 23.1 Å². The lowest BCUT2D eigenvalue weighted by atomic mass is 10.2. The number of aromatic nitrogens is 2. The Kier molecular flexibility index (Phi) is 4.74. The van der Waals surface area contributed by atoms with E-state index >= 15 is 0 Å². The third-order valence-corrected chi connectivity index (χ3v) is 5.25. The van der Waals surface area contributed by atoms with E-state index in [-0.39, 0.29) is 11.4 Å². The van der Waals surface area contributed by atoms with Crippen molar-refractivity contribution in [3.05, 3.63) is 47.9 Å². The number of rotatable bonds is 5. The first-order valence-corrected chi connectivity index (χ1v) is 9.13. The van der Waals surface area contributed by atoms with E-state index in [0.717, 1.165) is 31.7 Å². The molecule has 2 heterocycles. The molecule has 2 aromatic rings. The molecule has 1 aromatic carbocycles. The van der Waals surface area contributed by atoms with Crippen LogP contribution >= 0.6 is 0 Å². The molecule has 1 N–H and O–H groups in total. The van der Waals surface area contributed by atoms with E-state index in [1.165, 1.54) is 24.3 Å². The lowest BCUT2D eigenvalue weighted by Gasteiger charge is -2.16. The average Bonchev–Trinajstić information content (AvgIpc) is 3.15. The van der Waals surface area contributed by atoms with E-state index in [1.54, 1.807) is 6.20 Å². The molecule has 0 spiro atoms. The maximum atomic E-state index is 12.3. The second-order valence-corrected chi connectivity index (χ2v) is 7.25. The van der Waals surface area contributed by atoms with E-state index in [1.807, 2.05) is 12.1 Å². The van der Waals surface area contributed by atoms with Gasteiger partial charge in [-0.1, -0.05) is 0 Å². The summed E-state index contributed by atoms with van der Waals surface area (Å²) in [6.07, 6.45) is 3.93. The van der Waals surface area contributed by atoms with Gasteiger partial charge in [-0.25, -0.2) is 23.1 Å². The van der Waals surface area contributed by atoms with Gasteiger partial charge in [0.25, 0.3) is 0 Å². The number of nitrogens with one attached hydrogen (secondary N) is 1. The SMILES string of the molecule is N#Cc1ccc(S(=O)(=O)NCc2nccc(N3CCCC3)n2)cc1. The number of nitriles is 1. The second kappa shape index (κ2) is 6.95. The van der Waals surface area contributed by atoms with Gasteiger partial charge >= 0.3 is 0 Å². The van der Waals surface area contributed by atoms with Crippen molar-refractivity contribution in [1.29, 1.82) is 5.26 Å². The zero-order chi connectivity index (χ0) is 17.0. The number of benzene rings is 1. The van der Waals surface area contributed by atoms with Crippen LogP contribution in [0.1, 0.15) is 24.2 Å². The molecule has 1 saturated heterocycles. The minimum Gasteiger partial charge on any atom is -0.357 e. The van der Waals surface area contributed by atoms with E-state index in [2.05, 4.69) is 19.6 Å². The largest absolute Gasteiger partial charge is 0.357 e. The van der Waals surface area contributed by atoms with Gasteiger partial charge in [0.15, 0.2) is 0 Å². The predicted molar refractivity (Wildman–Crippen MR) is 88.7 cm³/mol. The zero-order valence-corrected chi connectivity index (χ0v) is 13.8. The highest BCUT2D eigenvalue weighted by Crippen LogP contribution is 2.17. The van der Waals surface area contributed by atoms with Gasteiger partial charge in [-0.3, -0.25) is 0 Å². The van der Waals surface area contributed by atoms with Gasteiger partial charge in [0, 0.05) is 19.3 Å². The fourth-order valence-corrected chi connectivity index (χ4v) is 3.53. The summed E-state index contributed by atoms with van der Waals surface area (Å²) in [5.41, 5.74) is 0.413. The fraction of sp³-hybridized carbons (Fsp3) is 0.312. The Hall–Kier alpha value is -2.50. The third-order valence-electron chi connectivity index (χ3n) is 3.83. The molecule has 1 aliphatic heterocycles. The number of hydrogen-bond acceptors (Lipinski definition) is 6. The summed E-state index contributed by atoms with van der Waals surface area (Å²) >= 11 is 0. The molecule has 8 heteroatoms. The van der Waals surface area contributed by atoms with Crippen LogP contribution in [0.2, 0.25) is 0 Å². The summed E-state index contributed by atoms with van der Waals surface area (Å²) in [6.45, 7) is 1.95. The molecule has 124 valence electrons. The Balaban J connectivity index is 1.70. The highest BCUT2D eigenvalue weighted by Gasteiger charge is 2.16. The molecule has 24 heavy (non-hydrogen) atoms. The standard InChI is InChI=1S/C16H17N5O2S/c17-11-13-3-5-14(6-4-13)24(22,23)19-12-15-18-8-7-16(20-15)21-9-1-2-10-21/h3-8,19H,1-2,9-10,12H2. The van der Waals surface area contributed by atoms with Crippen LogP contribution in [-0.2, 0) is 16.6 Å². The normalized spacial score (nSPS) is 14.5. The van der Waals surface area contributed by atoms with Crippen LogP contribution in [0.15, 0.2) is 41.4 Å². The molecule has 0 aliphatic carbocycles. The summed E-state index contributed by atoms with van der Waals surface area (Å²) in [5.74, 6) is 1.26. The van der Waals surface area contributed by atoms with Crippen molar-refractivity contribution in [3.63, 3.8) is 0 Å². The van der Waals surface area contributed by atoms with Gasteiger partial charge in [-0.05, 0) is 43.2 Å². The van der Waals surface area contributed by atoms with Crippen LogP contribution < -0.4 is 9.62 Å². The van der Waals surface area contributed by atoms with Crippen LogP contribution in [-0.4, -0.2) is 31.5 Å². The van der Waals surface area contributed by atoms with Crippen LogP contribution in [0, 0.1) is 11.3 Å². The van der Waals surface area contributed by atoms with Crippen LogP contribution in [0.4, 0.5) is 5.82 Å². The summed E-state index contributed by atoms with van der Waals surface area (Å²) in [4.78, 5) is 10.8. The molecule has 1 fully saturated rings. The van der Waals surface area contributed by atoms with E-state index in [0.29, 0.717) is 11.4 Å². The molecule has 0 radical (unpaired) electrons. The molecular weight excluding hydrogens is 326 g/mol. The first kappa shape index (κ1) is 16.4. The maximum absolute atomic E-state index is 12.3. The van der Waals surface area contributed by atoms with Gasteiger partial charge in [0.2, 0.25) is 10.0 Å². The number of nitrogens with zero attached hydrogens (tertiary/aromatic N) is 4. The molecule has 0 atom stereocenters. The van der Waals surface area contributed by atoms with E-state index in [9.17, 15) is 8.42 Å². The fourth-order valence-electron chi connectivity index (χ4n) is 2.55. The topological polar surface area (TPSA) is 99.0 Å². The van der Waals surface area contributed by atoms with Gasteiger partial charge < -0.3 is 4.90 Å². The van der Waals surface area contributed by atoms with E-state index in [4.69, 9.17) is 5.26 Å². The lowest BCUT2D eigenvalue weighted by Crippen LogP contribution is -2.25. The molecule has 7 nitrogen and oxygen atoms in total. The first-order valence-electron chi connectivity index (χ1n) is 7.65. The number of anilines is 1. The molecule has 3 rings (SSSR count). The molecule has 1 aliphatic rings. The van der Waals surface area contributed by atoms with Crippen molar-refractivity contribution in [2.24, 2.45) is 0 Å². The number of hydrogen-bond donors (Lipinski definition) is 1. The molecular formula is C16H17N5O2S. The van der Waals surface area contributed by atoms with Gasteiger partial charge in [-0.2, -0.15) is 5.26 Å². The first-order chi connectivity index (χ1) is 11.6. The molecule has 1 aromatic heterocycles. The van der Waals surface area contributed by atoms with Crippen LogP contribution in [0.25, 0.3) is 0 Å². The predicted octanol–water partition coefficient (Wildman–Crippen LogP) is 1.43. The van der Waals surface area contributed by atoms with Crippen molar-refractivity contribution in [1.82, 2.24) is 14.7 Å². The molecule has 0 unspecified atom stereocenters. The van der Waals surface area contributed by atoms with Crippen molar-refractivity contribution < 1.29 is 8.42 Å². The Labute approximate surface area is 141 Å². The van der Waals surface area contributed by atoms with Crippen molar-refractivity contribution in [2.75, 3.05) is 18.0 Å². The summed E-state index contributed by atoms with van der Waals surface area (Å²) in [7, 11) is -3.67. The Morgan fingerprint density at radius 1 is 1.17 bits per heavy atom. The summed E-state index contributed by atoms with van der Waals surface area (Å²) in [5, 5.41) is 8.76. The highest BCUT2D eigenvalue weighted by molar-refractivity contribution is 7.89. The quantitative estimate of drug-likeness (QED) is 0.881. The minimum atomic E-state index is -3.67. The van der Waals surface area contributed by atoms with Crippen LogP contribution in [0.3, 0.4) is 0 Å².